The number of alkyl carbamates (subject to hydrolysis) is 1. The van der Waals surface area contributed by atoms with Gasteiger partial charge in [-0.05, 0) is 50.3 Å². The van der Waals surface area contributed by atoms with E-state index in [1.54, 1.807) is 20.8 Å². The van der Waals surface area contributed by atoms with Crippen molar-refractivity contribution < 1.29 is 19.1 Å². The van der Waals surface area contributed by atoms with Gasteiger partial charge in [-0.2, -0.15) is 0 Å². The molecular formula is C27H37N3O4. The van der Waals surface area contributed by atoms with Gasteiger partial charge in [-0.1, -0.05) is 68.4 Å². The van der Waals surface area contributed by atoms with Crippen molar-refractivity contribution in [2.45, 2.75) is 65.6 Å². The molecule has 7 nitrogen and oxygen atoms in total. The Labute approximate surface area is 202 Å². The molecule has 34 heavy (non-hydrogen) atoms. The summed E-state index contributed by atoms with van der Waals surface area (Å²) in [6.45, 7) is 9.74. The van der Waals surface area contributed by atoms with Gasteiger partial charge in [0.1, 0.15) is 18.2 Å². The van der Waals surface area contributed by atoms with Crippen LogP contribution in [-0.4, -0.2) is 41.5 Å². The second kappa shape index (κ2) is 12.8. The number of nitrogens with zero attached hydrogens (tertiary/aromatic N) is 1. The Morgan fingerprint density at radius 2 is 1.56 bits per heavy atom. The zero-order valence-electron chi connectivity index (χ0n) is 20.9. The van der Waals surface area contributed by atoms with Crippen LogP contribution in [0.1, 0.15) is 63.8 Å². The molecule has 2 N–H and O–H groups in total. The van der Waals surface area contributed by atoms with Crippen LogP contribution in [-0.2, 0) is 27.3 Å². The normalized spacial score (nSPS) is 11.9. The molecule has 0 radical (unpaired) electrons. The van der Waals surface area contributed by atoms with Crippen molar-refractivity contribution in [1.82, 2.24) is 15.5 Å². The molecule has 0 spiro atoms. The molecule has 2 aromatic carbocycles. The van der Waals surface area contributed by atoms with Gasteiger partial charge < -0.3 is 20.3 Å². The van der Waals surface area contributed by atoms with E-state index in [9.17, 15) is 14.4 Å². The van der Waals surface area contributed by atoms with Gasteiger partial charge in [0.25, 0.3) is 0 Å². The second-order valence-corrected chi connectivity index (χ2v) is 9.14. The maximum atomic E-state index is 13.4. The van der Waals surface area contributed by atoms with Gasteiger partial charge >= 0.3 is 6.09 Å². The van der Waals surface area contributed by atoms with Crippen LogP contribution in [0.3, 0.4) is 0 Å². The Hall–Kier alpha value is -3.35. The number of rotatable bonds is 10. The molecule has 0 aliphatic carbocycles. The van der Waals surface area contributed by atoms with E-state index in [1.807, 2.05) is 61.5 Å². The number of hydrogen-bond donors (Lipinski definition) is 2. The number of carbonyl (C=O) groups is 3. The molecule has 0 saturated heterocycles. The zero-order valence-corrected chi connectivity index (χ0v) is 20.9. The van der Waals surface area contributed by atoms with Crippen LogP contribution in [0.2, 0.25) is 0 Å². The van der Waals surface area contributed by atoms with Gasteiger partial charge in [-0.15, -0.1) is 0 Å². The minimum Gasteiger partial charge on any atom is -0.444 e. The summed E-state index contributed by atoms with van der Waals surface area (Å²) >= 11 is 0. The topological polar surface area (TPSA) is 87.7 Å². The largest absolute Gasteiger partial charge is 0.444 e. The summed E-state index contributed by atoms with van der Waals surface area (Å²) in [4.78, 5) is 40.2. The summed E-state index contributed by atoms with van der Waals surface area (Å²) in [6.07, 6.45) is 0.866. The van der Waals surface area contributed by atoms with Crippen molar-refractivity contribution in [1.29, 1.82) is 0 Å². The van der Waals surface area contributed by atoms with Crippen LogP contribution >= 0.6 is 0 Å². The van der Waals surface area contributed by atoms with E-state index >= 15 is 0 Å². The van der Waals surface area contributed by atoms with Gasteiger partial charge in [0.15, 0.2) is 0 Å². The predicted molar refractivity (Wildman–Crippen MR) is 133 cm³/mol. The number of benzene rings is 2. The molecule has 0 aromatic heterocycles. The quantitative estimate of drug-likeness (QED) is 0.543. The number of amides is 3. The van der Waals surface area contributed by atoms with E-state index in [-0.39, 0.29) is 18.4 Å². The Morgan fingerprint density at radius 3 is 2.12 bits per heavy atom. The van der Waals surface area contributed by atoms with Crippen LogP contribution in [0.4, 0.5) is 4.79 Å². The average molecular weight is 468 g/mol. The highest BCUT2D eigenvalue weighted by atomic mass is 16.6. The first-order valence-electron chi connectivity index (χ1n) is 11.8. The maximum absolute atomic E-state index is 13.4. The molecule has 1 atom stereocenters. The SMILES string of the molecule is CCCN(C(=O)CNC(=O)OC(C)(C)C)C(C(=O)NCc1ccccc1)c1ccc(CC)cc1. The Balaban J connectivity index is 2.25. The first-order chi connectivity index (χ1) is 16.1. The molecule has 7 heteroatoms. The first kappa shape index (κ1) is 26.9. The predicted octanol–water partition coefficient (Wildman–Crippen LogP) is 4.37. The molecule has 2 aromatic rings. The van der Waals surface area contributed by atoms with Gasteiger partial charge in [-0.25, -0.2) is 4.79 Å². The molecule has 0 saturated carbocycles. The minimum absolute atomic E-state index is 0.260. The highest BCUT2D eigenvalue weighted by Crippen LogP contribution is 2.23. The van der Waals surface area contributed by atoms with E-state index in [4.69, 9.17) is 4.74 Å². The lowest BCUT2D eigenvalue weighted by Gasteiger charge is -2.31. The fraction of sp³-hybridized carbons (Fsp3) is 0.444. The molecule has 2 rings (SSSR count). The fourth-order valence-electron chi connectivity index (χ4n) is 3.49. The molecule has 0 bridgehead atoms. The standard InChI is InChI=1S/C27H37N3O4/c1-6-17-30(23(31)19-29-26(33)34-27(3,4)5)24(22-15-13-20(7-2)14-16-22)25(32)28-18-21-11-9-8-10-12-21/h8-16,24H,6-7,17-19H2,1-5H3,(H,28,32)(H,29,33). The summed E-state index contributed by atoms with van der Waals surface area (Å²) in [6, 6.07) is 16.5. The highest BCUT2D eigenvalue weighted by Gasteiger charge is 2.31. The summed E-state index contributed by atoms with van der Waals surface area (Å²) in [5, 5.41) is 5.49. The van der Waals surface area contributed by atoms with Gasteiger partial charge in [0.2, 0.25) is 11.8 Å². The average Bonchev–Trinajstić information content (AvgIpc) is 2.81. The van der Waals surface area contributed by atoms with Gasteiger partial charge in [0.05, 0.1) is 0 Å². The molecule has 0 aliphatic heterocycles. The third-order valence-electron chi connectivity index (χ3n) is 5.14. The molecule has 0 fully saturated rings. The Kier molecular flexibility index (Phi) is 10.1. The van der Waals surface area contributed by atoms with Gasteiger partial charge in [-0.3, -0.25) is 9.59 Å². The second-order valence-electron chi connectivity index (χ2n) is 9.14. The number of ether oxygens (including phenoxy) is 1. The summed E-state index contributed by atoms with van der Waals surface area (Å²) in [5.41, 5.74) is 2.17. The molecule has 0 aliphatic rings. The van der Waals surface area contributed by atoms with E-state index in [1.165, 1.54) is 4.90 Å². The Bertz CT molecular complexity index is 937. The molecular weight excluding hydrogens is 430 g/mol. The summed E-state index contributed by atoms with van der Waals surface area (Å²) < 4.78 is 5.23. The minimum atomic E-state index is -0.817. The van der Waals surface area contributed by atoms with Gasteiger partial charge in [0, 0.05) is 13.1 Å². The van der Waals surface area contributed by atoms with Crippen molar-refractivity contribution in [2.24, 2.45) is 0 Å². The lowest BCUT2D eigenvalue weighted by atomic mass is 10.0. The fourth-order valence-corrected chi connectivity index (χ4v) is 3.49. The molecule has 1 unspecified atom stereocenters. The molecule has 3 amide bonds. The van der Waals surface area contributed by atoms with Crippen molar-refractivity contribution in [3.8, 4) is 0 Å². The van der Waals surface area contributed by atoms with Crippen molar-refractivity contribution >= 4 is 17.9 Å². The van der Waals surface area contributed by atoms with Crippen molar-refractivity contribution in [3.63, 3.8) is 0 Å². The number of hydrogen-bond acceptors (Lipinski definition) is 4. The van der Waals surface area contributed by atoms with Crippen LogP contribution in [0.15, 0.2) is 54.6 Å². The van der Waals surface area contributed by atoms with Crippen molar-refractivity contribution in [2.75, 3.05) is 13.1 Å². The van der Waals surface area contributed by atoms with E-state index < -0.39 is 17.7 Å². The molecule has 0 heterocycles. The van der Waals surface area contributed by atoms with E-state index in [2.05, 4.69) is 17.6 Å². The zero-order chi connectivity index (χ0) is 25.1. The summed E-state index contributed by atoms with van der Waals surface area (Å²) in [5.74, 6) is -0.626. The number of carbonyl (C=O) groups excluding carboxylic acids is 3. The third-order valence-corrected chi connectivity index (χ3v) is 5.14. The van der Waals surface area contributed by atoms with Crippen LogP contribution in [0.5, 0.6) is 0 Å². The third kappa shape index (κ3) is 8.54. The smallest absolute Gasteiger partial charge is 0.408 e. The van der Waals surface area contributed by atoms with Crippen molar-refractivity contribution in [3.05, 3.63) is 71.3 Å². The Morgan fingerprint density at radius 1 is 0.912 bits per heavy atom. The highest BCUT2D eigenvalue weighted by molar-refractivity contribution is 5.90. The lowest BCUT2D eigenvalue weighted by molar-refractivity contribution is -0.140. The van der Waals surface area contributed by atoms with Crippen LogP contribution in [0, 0.1) is 0 Å². The monoisotopic (exact) mass is 467 g/mol. The lowest BCUT2D eigenvalue weighted by Crippen LogP contribution is -2.48. The van der Waals surface area contributed by atoms with Crippen LogP contribution < -0.4 is 10.6 Å². The summed E-state index contributed by atoms with van der Waals surface area (Å²) in [7, 11) is 0. The van der Waals surface area contributed by atoms with E-state index in [0.29, 0.717) is 19.5 Å². The number of nitrogens with one attached hydrogen (secondary N) is 2. The van der Waals surface area contributed by atoms with E-state index in [0.717, 1.165) is 23.1 Å². The first-order valence-corrected chi connectivity index (χ1v) is 11.8. The van der Waals surface area contributed by atoms with Crippen LogP contribution in [0.25, 0.3) is 0 Å². The maximum Gasteiger partial charge on any atom is 0.408 e. The molecule has 184 valence electrons. The number of aryl methyl sites for hydroxylation is 1.